The highest BCUT2D eigenvalue weighted by Gasteiger charge is 2.79. The van der Waals surface area contributed by atoms with Crippen molar-refractivity contribution in [2.24, 2.45) is 22.7 Å². The number of aliphatic hydroxyl groups is 4. The molecule has 0 saturated heterocycles. The van der Waals surface area contributed by atoms with Crippen LogP contribution in [-0.4, -0.2) is 61.2 Å². The van der Waals surface area contributed by atoms with Gasteiger partial charge in [0.2, 0.25) is 0 Å². The molecule has 0 aromatic carbocycles. The number of hydrogen-bond donors (Lipinski definition) is 4. The first-order valence-electron chi connectivity index (χ1n) is 12.8. The summed E-state index contributed by atoms with van der Waals surface area (Å²) in [6.45, 7) is 8.60. The maximum absolute atomic E-state index is 13.1. The van der Waals surface area contributed by atoms with E-state index in [-0.39, 0.29) is 24.5 Å². The van der Waals surface area contributed by atoms with E-state index in [1.807, 2.05) is 19.1 Å². The summed E-state index contributed by atoms with van der Waals surface area (Å²) in [6.07, 6.45) is 5.24. The maximum Gasteiger partial charge on any atom is 0.334 e. The van der Waals surface area contributed by atoms with Crippen LogP contribution in [0.4, 0.5) is 0 Å². The molecule has 0 aromatic rings. The third-order valence-electron chi connectivity index (χ3n) is 11.1. The lowest BCUT2D eigenvalue weighted by molar-refractivity contribution is -0.283. The molecule has 7 heteroatoms. The number of carbonyl (C=O) groups excluding carboxylic acids is 2. The second-order valence-corrected chi connectivity index (χ2v) is 12.3. The average molecular weight is 487 g/mol. The minimum absolute atomic E-state index is 0.0124. The summed E-state index contributed by atoms with van der Waals surface area (Å²) in [5.74, 6) is -1.19. The number of ketones is 1. The van der Waals surface area contributed by atoms with Crippen molar-refractivity contribution in [3.63, 3.8) is 0 Å². The van der Waals surface area contributed by atoms with Crippen LogP contribution < -0.4 is 0 Å². The van der Waals surface area contributed by atoms with E-state index in [1.165, 1.54) is 6.92 Å². The zero-order valence-electron chi connectivity index (χ0n) is 21.3. The highest BCUT2D eigenvalue weighted by Crippen LogP contribution is 2.70. The lowest BCUT2D eigenvalue weighted by Crippen LogP contribution is -2.72. The van der Waals surface area contributed by atoms with E-state index < -0.39 is 51.7 Å². The van der Waals surface area contributed by atoms with Crippen molar-refractivity contribution in [1.82, 2.24) is 0 Å². The van der Waals surface area contributed by atoms with Gasteiger partial charge in [0, 0.05) is 23.8 Å². The molecule has 9 atom stereocenters. The molecule has 1 heterocycles. The topological polar surface area (TPSA) is 124 Å². The third kappa shape index (κ3) is 2.76. The molecule has 4 aliphatic carbocycles. The van der Waals surface area contributed by atoms with Crippen LogP contribution in [0.3, 0.4) is 0 Å². The molecule has 0 aromatic heterocycles. The molecular formula is C28H38O7. The Morgan fingerprint density at radius 1 is 1.14 bits per heavy atom. The lowest BCUT2D eigenvalue weighted by atomic mass is 9.44. The summed E-state index contributed by atoms with van der Waals surface area (Å²) in [4.78, 5) is 25.6. The van der Waals surface area contributed by atoms with Crippen molar-refractivity contribution in [2.75, 3.05) is 0 Å². The number of rotatable bonds is 2. The molecule has 0 unspecified atom stereocenters. The molecule has 1 aliphatic heterocycles. The molecule has 5 aliphatic rings. The van der Waals surface area contributed by atoms with Crippen LogP contribution in [0.2, 0.25) is 0 Å². The number of aliphatic hydroxyl groups excluding tert-OH is 1. The summed E-state index contributed by atoms with van der Waals surface area (Å²) < 4.78 is 5.58. The van der Waals surface area contributed by atoms with Crippen LogP contribution in [0.15, 0.2) is 34.9 Å². The third-order valence-corrected chi connectivity index (χ3v) is 11.1. The van der Waals surface area contributed by atoms with E-state index in [2.05, 4.69) is 0 Å². The average Bonchev–Trinajstić information content (AvgIpc) is 2.96. The molecule has 0 amide bonds. The predicted octanol–water partition coefficient (Wildman–Crippen LogP) is 2.51. The highest BCUT2D eigenvalue weighted by molar-refractivity contribution is 5.98. The van der Waals surface area contributed by atoms with Gasteiger partial charge in [0.15, 0.2) is 5.78 Å². The minimum atomic E-state index is -1.93. The van der Waals surface area contributed by atoms with Crippen molar-refractivity contribution in [1.29, 1.82) is 0 Å². The zero-order valence-corrected chi connectivity index (χ0v) is 21.3. The van der Waals surface area contributed by atoms with Crippen LogP contribution in [0, 0.1) is 22.7 Å². The summed E-state index contributed by atoms with van der Waals surface area (Å²) in [5.41, 5.74) is -5.33. The van der Waals surface area contributed by atoms with Crippen LogP contribution >= 0.6 is 0 Å². The first-order valence-corrected chi connectivity index (χ1v) is 12.8. The van der Waals surface area contributed by atoms with Gasteiger partial charge >= 0.3 is 5.97 Å². The molecule has 0 spiro atoms. The van der Waals surface area contributed by atoms with Gasteiger partial charge in [-0.1, -0.05) is 30.2 Å². The summed E-state index contributed by atoms with van der Waals surface area (Å²) in [5, 5.41) is 47.9. The Bertz CT molecular complexity index is 1080. The van der Waals surface area contributed by atoms with Crippen LogP contribution in [0.1, 0.15) is 73.1 Å². The molecule has 192 valence electrons. The number of esters is 1. The van der Waals surface area contributed by atoms with Crippen molar-refractivity contribution in [3.8, 4) is 0 Å². The van der Waals surface area contributed by atoms with Crippen molar-refractivity contribution < 1.29 is 34.8 Å². The van der Waals surface area contributed by atoms with Crippen molar-refractivity contribution in [2.45, 2.75) is 102 Å². The van der Waals surface area contributed by atoms with Gasteiger partial charge in [-0.05, 0) is 71.3 Å². The molecule has 4 N–H and O–H groups in total. The molecular weight excluding hydrogens is 448 g/mol. The summed E-state index contributed by atoms with van der Waals surface area (Å²) >= 11 is 0. The second kappa shape index (κ2) is 7.37. The number of carbonyl (C=O) groups is 2. The fourth-order valence-electron chi connectivity index (χ4n) is 8.44. The van der Waals surface area contributed by atoms with E-state index >= 15 is 0 Å². The fraction of sp³-hybridized carbons (Fsp3) is 0.714. The standard InChI is InChI=1S/C28H38O7/c1-15-13-22(35-23(31)16(15)2)26(5,32)27(33)14-21(30)28(34)19-10-9-17-7-6-8-20(29)25(17,4)18(19)11-12-24(27,28)3/h6,8-9,18-19,21-22,30,32-34H,7,10-14H2,1-5H3/t18-,19+,21+,22-,24-,25+,26-,27+,28-/m1/s1. The van der Waals surface area contributed by atoms with E-state index in [4.69, 9.17) is 4.74 Å². The number of ether oxygens (including phenoxy) is 1. The van der Waals surface area contributed by atoms with Gasteiger partial charge in [0.1, 0.15) is 22.9 Å². The van der Waals surface area contributed by atoms with E-state index in [0.29, 0.717) is 31.3 Å². The van der Waals surface area contributed by atoms with Gasteiger partial charge in [-0.3, -0.25) is 4.79 Å². The molecule has 35 heavy (non-hydrogen) atoms. The largest absolute Gasteiger partial charge is 0.455 e. The first kappa shape index (κ1) is 24.9. The van der Waals surface area contributed by atoms with Gasteiger partial charge in [-0.2, -0.15) is 0 Å². The maximum atomic E-state index is 13.1. The quantitative estimate of drug-likeness (QED) is 0.349. The van der Waals surface area contributed by atoms with E-state index in [0.717, 1.165) is 11.1 Å². The number of hydrogen-bond acceptors (Lipinski definition) is 7. The normalized spacial score (nSPS) is 49.0. The zero-order chi connectivity index (χ0) is 25.8. The highest BCUT2D eigenvalue weighted by atomic mass is 16.6. The first-order chi connectivity index (χ1) is 16.2. The SMILES string of the molecule is CC1=C(C)C(=O)O[C@@H]([C@@](C)(O)[C@]2(O)C[C@H](O)[C@]3(O)[C@H]4CC=C5CC=CC(=O)[C@]5(C)[C@@H]4CC[C@@]32C)C1. The molecule has 5 rings (SSSR count). The fourth-order valence-corrected chi connectivity index (χ4v) is 8.44. The van der Waals surface area contributed by atoms with Gasteiger partial charge in [-0.25, -0.2) is 4.79 Å². The lowest BCUT2D eigenvalue weighted by Gasteiger charge is -2.63. The summed E-state index contributed by atoms with van der Waals surface area (Å²) in [6, 6.07) is 0. The Balaban J connectivity index is 1.57. The van der Waals surface area contributed by atoms with Crippen LogP contribution in [0.25, 0.3) is 0 Å². The molecule has 2 saturated carbocycles. The second-order valence-electron chi connectivity index (χ2n) is 12.3. The van der Waals surface area contributed by atoms with E-state index in [1.54, 1.807) is 26.8 Å². The van der Waals surface area contributed by atoms with Gasteiger partial charge in [0.05, 0.1) is 11.5 Å². The summed E-state index contributed by atoms with van der Waals surface area (Å²) in [7, 11) is 0. The Hall–Kier alpha value is -1.80. The Kier molecular flexibility index (Phi) is 5.24. The Morgan fingerprint density at radius 3 is 2.49 bits per heavy atom. The van der Waals surface area contributed by atoms with Crippen LogP contribution in [0.5, 0.6) is 0 Å². The van der Waals surface area contributed by atoms with E-state index in [9.17, 15) is 30.0 Å². The Morgan fingerprint density at radius 2 is 1.83 bits per heavy atom. The number of fused-ring (bicyclic) bond motifs is 5. The van der Waals surface area contributed by atoms with Crippen molar-refractivity contribution >= 4 is 11.8 Å². The van der Waals surface area contributed by atoms with Crippen LogP contribution in [-0.2, 0) is 14.3 Å². The molecule has 0 bridgehead atoms. The Labute approximate surface area is 206 Å². The van der Waals surface area contributed by atoms with Gasteiger partial charge in [0.25, 0.3) is 0 Å². The minimum Gasteiger partial charge on any atom is -0.455 e. The molecule has 0 radical (unpaired) electrons. The number of cyclic esters (lactones) is 1. The number of allylic oxidation sites excluding steroid dienone is 4. The van der Waals surface area contributed by atoms with Gasteiger partial charge in [-0.15, -0.1) is 0 Å². The monoisotopic (exact) mass is 486 g/mol. The smallest absolute Gasteiger partial charge is 0.334 e. The van der Waals surface area contributed by atoms with Gasteiger partial charge < -0.3 is 25.2 Å². The molecule has 2 fully saturated rings. The van der Waals surface area contributed by atoms with Crippen molar-refractivity contribution in [3.05, 3.63) is 34.9 Å². The molecule has 7 nitrogen and oxygen atoms in total. The predicted molar refractivity (Wildman–Crippen MR) is 128 cm³/mol.